The number of nitrogens with zero attached hydrogens (tertiary/aromatic N) is 2. The van der Waals surface area contributed by atoms with Crippen LogP contribution in [0, 0.1) is 0 Å². The highest BCUT2D eigenvalue weighted by Crippen LogP contribution is 2.30. The molecule has 2 atom stereocenters. The van der Waals surface area contributed by atoms with Crippen LogP contribution < -0.4 is 9.46 Å². The Labute approximate surface area is 152 Å². The van der Waals surface area contributed by atoms with Gasteiger partial charge in [0.15, 0.2) is 0 Å². The normalized spacial score (nSPS) is 21.2. The van der Waals surface area contributed by atoms with Crippen molar-refractivity contribution in [2.45, 2.75) is 29.9 Å². The number of sulfonamides is 1. The van der Waals surface area contributed by atoms with Crippen molar-refractivity contribution in [1.29, 1.82) is 0 Å². The van der Waals surface area contributed by atoms with Crippen LogP contribution in [0.25, 0.3) is 0 Å². The average molecular weight is 386 g/mol. The third-order valence-electron chi connectivity index (χ3n) is 4.22. The molecule has 0 bridgehead atoms. The molecule has 2 heterocycles. The highest BCUT2D eigenvalue weighted by atomic mass is 35.5. The third kappa shape index (κ3) is 3.98. The van der Waals surface area contributed by atoms with Gasteiger partial charge in [-0.25, -0.2) is 18.1 Å². The molecular formula is C16H20ClN3O4S. The number of ether oxygens (including phenoxy) is 2. The number of aryl methyl sites for hydroxylation is 1. The molecule has 1 aliphatic heterocycles. The molecule has 3 rings (SSSR count). The van der Waals surface area contributed by atoms with E-state index >= 15 is 0 Å². The molecule has 1 aromatic carbocycles. The van der Waals surface area contributed by atoms with Gasteiger partial charge < -0.3 is 14.0 Å². The van der Waals surface area contributed by atoms with E-state index in [1.807, 2.05) is 11.6 Å². The number of hydrogen-bond donors (Lipinski definition) is 1. The van der Waals surface area contributed by atoms with Crippen LogP contribution in [-0.4, -0.2) is 37.7 Å². The number of benzene rings is 1. The molecule has 0 aliphatic carbocycles. The molecule has 2 aromatic rings. The minimum Gasteiger partial charge on any atom is -0.497 e. The Morgan fingerprint density at radius 2 is 2.24 bits per heavy atom. The van der Waals surface area contributed by atoms with Gasteiger partial charge in [-0.1, -0.05) is 11.6 Å². The monoisotopic (exact) mass is 385 g/mol. The second-order valence-electron chi connectivity index (χ2n) is 5.93. The molecule has 9 heteroatoms. The van der Waals surface area contributed by atoms with Crippen molar-refractivity contribution >= 4 is 21.6 Å². The smallest absolute Gasteiger partial charge is 0.242 e. The highest BCUT2D eigenvalue weighted by Gasteiger charge is 2.30. The molecule has 1 saturated heterocycles. The Morgan fingerprint density at radius 3 is 2.92 bits per heavy atom. The van der Waals surface area contributed by atoms with E-state index in [0.29, 0.717) is 25.2 Å². The lowest BCUT2D eigenvalue weighted by Crippen LogP contribution is -2.40. The Morgan fingerprint density at radius 1 is 1.44 bits per heavy atom. The van der Waals surface area contributed by atoms with Gasteiger partial charge in [0.1, 0.15) is 16.7 Å². The molecule has 0 unspecified atom stereocenters. The molecule has 25 heavy (non-hydrogen) atoms. The zero-order chi connectivity index (χ0) is 18.0. The number of hydrogen-bond acceptors (Lipinski definition) is 5. The zero-order valence-electron chi connectivity index (χ0n) is 14.0. The minimum atomic E-state index is -3.77. The van der Waals surface area contributed by atoms with Crippen molar-refractivity contribution in [1.82, 2.24) is 14.3 Å². The molecule has 0 amide bonds. The predicted molar refractivity (Wildman–Crippen MR) is 93.2 cm³/mol. The Bertz CT molecular complexity index is 853. The van der Waals surface area contributed by atoms with Crippen molar-refractivity contribution in [2.24, 2.45) is 7.05 Å². The highest BCUT2D eigenvalue weighted by molar-refractivity contribution is 7.89. The summed E-state index contributed by atoms with van der Waals surface area (Å²) in [5.74, 6) is 0.435. The third-order valence-corrected chi connectivity index (χ3v) is 6.22. The Kier molecular flexibility index (Phi) is 5.33. The van der Waals surface area contributed by atoms with Gasteiger partial charge in [-0.3, -0.25) is 0 Å². The van der Waals surface area contributed by atoms with E-state index in [9.17, 15) is 8.42 Å². The number of aromatic nitrogens is 2. The fourth-order valence-electron chi connectivity index (χ4n) is 2.89. The molecule has 1 aromatic heterocycles. The molecule has 0 saturated carbocycles. The number of nitrogens with one attached hydrogen (secondary N) is 1. The maximum Gasteiger partial charge on any atom is 0.242 e. The fraction of sp³-hybridized carbons (Fsp3) is 0.438. The number of methoxy groups -OCH3 is 1. The first kappa shape index (κ1) is 18.2. The van der Waals surface area contributed by atoms with Gasteiger partial charge in [-0.15, -0.1) is 0 Å². The maximum atomic E-state index is 12.7. The molecule has 0 spiro atoms. The minimum absolute atomic E-state index is 0.0112. The summed E-state index contributed by atoms with van der Waals surface area (Å²) in [6, 6.07) is 4.30. The first-order valence-corrected chi connectivity index (χ1v) is 9.70. The average Bonchev–Trinajstić information content (AvgIpc) is 3.01. The van der Waals surface area contributed by atoms with Crippen LogP contribution in [0.15, 0.2) is 35.6 Å². The summed E-state index contributed by atoms with van der Waals surface area (Å²) in [6.45, 7) is 0.467. The van der Waals surface area contributed by atoms with Crippen molar-refractivity contribution in [3.05, 3.63) is 41.4 Å². The van der Waals surface area contributed by atoms with Gasteiger partial charge in [0.2, 0.25) is 10.0 Å². The molecule has 1 fully saturated rings. The summed E-state index contributed by atoms with van der Waals surface area (Å²) >= 11 is 6.08. The molecule has 0 radical (unpaired) electrons. The van der Waals surface area contributed by atoms with Crippen molar-refractivity contribution in [3.8, 4) is 5.75 Å². The van der Waals surface area contributed by atoms with Gasteiger partial charge in [-0.2, -0.15) is 0 Å². The van der Waals surface area contributed by atoms with Crippen molar-refractivity contribution < 1.29 is 17.9 Å². The number of halogens is 1. The van der Waals surface area contributed by atoms with Gasteiger partial charge in [0, 0.05) is 25.8 Å². The van der Waals surface area contributed by atoms with Gasteiger partial charge in [0.25, 0.3) is 0 Å². The summed E-state index contributed by atoms with van der Waals surface area (Å²) in [6.07, 6.45) is 4.35. The lowest BCUT2D eigenvalue weighted by Gasteiger charge is -2.30. The first-order chi connectivity index (χ1) is 11.9. The van der Waals surface area contributed by atoms with E-state index in [1.54, 1.807) is 18.6 Å². The summed E-state index contributed by atoms with van der Waals surface area (Å²) in [7, 11) is -0.405. The molecule has 7 nitrogen and oxygen atoms in total. The zero-order valence-corrected chi connectivity index (χ0v) is 15.5. The standard InChI is InChI=1S/C16H20ClN3O4S/c1-20-10-18-9-14(20)15-7-11(5-6-24-15)19-25(21,22)16-8-12(23-2)3-4-13(16)17/h3-4,8-11,15,19H,5-7H2,1-2H3/t11-,15-/m0/s1. The van der Waals surface area contributed by atoms with Gasteiger partial charge in [0.05, 0.1) is 30.4 Å². The fourth-order valence-corrected chi connectivity index (χ4v) is 4.69. The number of rotatable bonds is 5. The van der Waals surface area contributed by atoms with Crippen LogP contribution in [0.5, 0.6) is 5.75 Å². The van der Waals surface area contributed by atoms with E-state index in [1.165, 1.54) is 19.2 Å². The second-order valence-corrected chi connectivity index (χ2v) is 8.02. The Hall–Kier alpha value is -1.61. The van der Waals surface area contributed by atoms with Gasteiger partial charge in [-0.05, 0) is 25.0 Å². The number of imidazole rings is 1. The molecule has 136 valence electrons. The van der Waals surface area contributed by atoms with E-state index in [0.717, 1.165) is 5.69 Å². The van der Waals surface area contributed by atoms with Crippen LogP contribution in [0.1, 0.15) is 24.6 Å². The van der Waals surface area contributed by atoms with Gasteiger partial charge >= 0.3 is 0 Å². The van der Waals surface area contributed by atoms with Crippen LogP contribution in [0.3, 0.4) is 0 Å². The topological polar surface area (TPSA) is 82.5 Å². The van der Waals surface area contributed by atoms with Crippen LogP contribution in [0.4, 0.5) is 0 Å². The van der Waals surface area contributed by atoms with E-state index in [2.05, 4.69) is 9.71 Å². The van der Waals surface area contributed by atoms with Crippen LogP contribution in [0.2, 0.25) is 5.02 Å². The van der Waals surface area contributed by atoms with E-state index < -0.39 is 10.0 Å². The molecule has 1 N–H and O–H groups in total. The molecule has 1 aliphatic rings. The van der Waals surface area contributed by atoms with Crippen LogP contribution in [-0.2, 0) is 21.8 Å². The van der Waals surface area contributed by atoms with Crippen LogP contribution >= 0.6 is 11.6 Å². The second kappa shape index (κ2) is 7.33. The summed E-state index contributed by atoms with van der Waals surface area (Å²) in [4.78, 5) is 4.10. The van der Waals surface area contributed by atoms with Crippen molar-refractivity contribution in [3.63, 3.8) is 0 Å². The maximum absolute atomic E-state index is 12.7. The lowest BCUT2D eigenvalue weighted by molar-refractivity contribution is -0.0000446. The SMILES string of the molecule is COc1ccc(Cl)c(S(=O)(=O)N[C@H]2CCO[C@H](c3cncn3C)C2)c1. The first-order valence-electron chi connectivity index (χ1n) is 7.84. The summed E-state index contributed by atoms with van der Waals surface area (Å²) < 4.78 is 41.0. The largest absolute Gasteiger partial charge is 0.497 e. The molecular weight excluding hydrogens is 366 g/mol. The van der Waals surface area contributed by atoms with E-state index in [-0.39, 0.29) is 22.1 Å². The predicted octanol–water partition coefficient (Wildman–Crippen LogP) is 2.28. The lowest BCUT2D eigenvalue weighted by atomic mass is 10.0. The van der Waals surface area contributed by atoms with Crippen molar-refractivity contribution in [2.75, 3.05) is 13.7 Å². The van der Waals surface area contributed by atoms with E-state index in [4.69, 9.17) is 21.1 Å². The summed E-state index contributed by atoms with van der Waals surface area (Å²) in [5, 5.41) is 0.156. The summed E-state index contributed by atoms with van der Waals surface area (Å²) in [5.41, 5.74) is 0.920. The quantitative estimate of drug-likeness (QED) is 0.853. The Balaban J connectivity index is 1.78.